The highest BCUT2D eigenvalue weighted by Gasteiger charge is 2.30. The Kier molecular flexibility index (Phi) is 2.96. The molecule has 1 aliphatic carbocycles. The van der Waals surface area contributed by atoms with E-state index in [4.69, 9.17) is 9.52 Å². The van der Waals surface area contributed by atoms with Gasteiger partial charge >= 0.3 is 0 Å². The predicted molar refractivity (Wildman–Crippen MR) is 56.9 cm³/mol. The molecule has 0 saturated heterocycles. The summed E-state index contributed by atoms with van der Waals surface area (Å²) in [5.74, 6) is 0.575. The van der Waals surface area contributed by atoms with E-state index in [9.17, 15) is 4.79 Å². The van der Waals surface area contributed by atoms with Gasteiger partial charge in [0.05, 0.1) is 11.8 Å². The van der Waals surface area contributed by atoms with Crippen LogP contribution in [0.3, 0.4) is 0 Å². The average molecular weight is 224 g/mol. The molecule has 0 spiro atoms. The van der Waals surface area contributed by atoms with Gasteiger partial charge in [-0.3, -0.25) is 4.79 Å². The van der Waals surface area contributed by atoms with E-state index in [2.05, 4.69) is 4.98 Å². The number of carbonyl (C=O) groups excluding carboxylic acids is 1. The van der Waals surface area contributed by atoms with Crippen molar-refractivity contribution >= 4 is 5.91 Å². The number of hydrogen-bond donors (Lipinski definition) is 1. The lowest BCUT2D eigenvalue weighted by Crippen LogP contribution is -2.39. The summed E-state index contributed by atoms with van der Waals surface area (Å²) in [4.78, 5) is 17.4. The summed E-state index contributed by atoms with van der Waals surface area (Å²) in [5.41, 5.74) is 0.616. The molecule has 1 amide bonds. The number of rotatable bonds is 3. The number of aromatic nitrogens is 1. The second-order valence-corrected chi connectivity index (χ2v) is 4.44. The van der Waals surface area contributed by atoms with Crippen LogP contribution in [0, 0.1) is 12.8 Å². The lowest BCUT2D eigenvalue weighted by Gasteiger charge is -2.34. The van der Waals surface area contributed by atoms with Crippen LogP contribution in [-0.4, -0.2) is 40.6 Å². The van der Waals surface area contributed by atoms with Crippen LogP contribution >= 0.6 is 0 Å². The molecule has 1 saturated carbocycles. The molecule has 1 aliphatic rings. The summed E-state index contributed by atoms with van der Waals surface area (Å²) in [6, 6.07) is 0. The molecule has 5 nitrogen and oxygen atoms in total. The van der Waals surface area contributed by atoms with Crippen LogP contribution in [0.25, 0.3) is 0 Å². The van der Waals surface area contributed by atoms with E-state index in [1.807, 2.05) is 0 Å². The van der Waals surface area contributed by atoms with Gasteiger partial charge in [-0.1, -0.05) is 0 Å². The first-order valence-electron chi connectivity index (χ1n) is 5.41. The summed E-state index contributed by atoms with van der Waals surface area (Å²) in [5, 5.41) is 9.17. The van der Waals surface area contributed by atoms with Gasteiger partial charge in [-0.15, -0.1) is 0 Å². The molecule has 1 fully saturated rings. The third-order valence-corrected chi connectivity index (χ3v) is 3.03. The molecule has 88 valence electrons. The van der Waals surface area contributed by atoms with Crippen LogP contribution in [0.4, 0.5) is 0 Å². The number of carbonyl (C=O) groups is 1. The minimum atomic E-state index is -0.180. The summed E-state index contributed by atoms with van der Waals surface area (Å²) in [6.45, 7) is 2.41. The molecule has 0 unspecified atom stereocenters. The maximum atomic E-state index is 11.9. The molecule has 1 heterocycles. The Morgan fingerprint density at radius 3 is 2.88 bits per heavy atom. The Bertz CT molecular complexity index is 382. The third kappa shape index (κ3) is 2.09. The zero-order valence-electron chi connectivity index (χ0n) is 9.51. The van der Waals surface area contributed by atoms with Gasteiger partial charge in [0.15, 0.2) is 6.39 Å². The van der Waals surface area contributed by atoms with Gasteiger partial charge in [0, 0.05) is 13.6 Å². The molecule has 16 heavy (non-hydrogen) atoms. The van der Waals surface area contributed by atoms with Crippen molar-refractivity contribution in [2.24, 2.45) is 5.92 Å². The van der Waals surface area contributed by atoms with Crippen molar-refractivity contribution in [2.45, 2.75) is 25.9 Å². The molecule has 0 radical (unpaired) electrons. The Balaban J connectivity index is 1.92. The van der Waals surface area contributed by atoms with Crippen LogP contribution in [0.15, 0.2) is 10.8 Å². The second-order valence-electron chi connectivity index (χ2n) is 4.44. The first-order chi connectivity index (χ1) is 7.58. The molecular formula is C11H16N2O3. The molecule has 2 rings (SSSR count). The molecule has 5 heteroatoms. The van der Waals surface area contributed by atoms with Gasteiger partial charge in [0.2, 0.25) is 5.76 Å². The highest BCUT2D eigenvalue weighted by Crippen LogP contribution is 2.27. The molecule has 1 N–H and O–H groups in total. The van der Waals surface area contributed by atoms with Gasteiger partial charge in [-0.05, 0) is 25.7 Å². The van der Waals surface area contributed by atoms with Crippen molar-refractivity contribution in [3.05, 3.63) is 17.8 Å². The van der Waals surface area contributed by atoms with Crippen LogP contribution in [0.5, 0.6) is 0 Å². The molecule has 1 aromatic rings. The summed E-state index contributed by atoms with van der Waals surface area (Å²) in [7, 11) is 1.75. The number of hydrogen-bond acceptors (Lipinski definition) is 4. The van der Waals surface area contributed by atoms with E-state index >= 15 is 0 Å². The minimum Gasteiger partial charge on any atom is -0.438 e. The summed E-state index contributed by atoms with van der Waals surface area (Å²) in [6.07, 6.45) is 2.67. The average Bonchev–Trinajstić information content (AvgIpc) is 2.61. The van der Waals surface area contributed by atoms with Gasteiger partial charge in [0.25, 0.3) is 5.91 Å². The minimum absolute atomic E-state index is 0.142. The number of aliphatic hydroxyl groups excluding tert-OH is 1. The van der Waals surface area contributed by atoms with Crippen molar-refractivity contribution in [3.8, 4) is 0 Å². The zero-order chi connectivity index (χ0) is 11.7. The summed E-state index contributed by atoms with van der Waals surface area (Å²) >= 11 is 0. The maximum Gasteiger partial charge on any atom is 0.291 e. The van der Waals surface area contributed by atoms with Crippen LogP contribution in [0.1, 0.15) is 29.1 Å². The Morgan fingerprint density at radius 2 is 2.38 bits per heavy atom. The third-order valence-electron chi connectivity index (χ3n) is 3.03. The van der Waals surface area contributed by atoms with Gasteiger partial charge in [-0.25, -0.2) is 4.98 Å². The SMILES string of the molecule is Cc1ncoc1C(=O)N(C)CC1CC(O)C1. The predicted octanol–water partition coefficient (Wildman–Crippen LogP) is 0.826. The number of nitrogens with zero attached hydrogens (tertiary/aromatic N) is 2. The topological polar surface area (TPSA) is 66.6 Å². The lowest BCUT2D eigenvalue weighted by molar-refractivity contribution is 0.0257. The molecule has 1 aromatic heterocycles. The van der Waals surface area contributed by atoms with E-state index in [1.54, 1.807) is 18.9 Å². The molecule has 0 atom stereocenters. The fourth-order valence-electron chi connectivity index (χ4n) is 2.00. The van der Waals surface area contributed by atoms with Crippen LogP contribution < -0.4 is 0 Å². The monoisotopic (exact) mass is 224 g/mol. The number of oxazole rings is 1. The number of aryl methyl sites for hydroxylation is 1. The first-order valence-corrected chi connectivity index (χ1v) is 5.41. The molecule has 0 aromatic carbocycles. The van der Waals surface area contributed by atoms with Crippen LogP contribution in [0.2, 0.25) is 0 Å². The van der Waals surface area contributed by atoms with Crippen molar-refractivity contribution in [1.29, 1.82) is 0 Å². The second kappa shape index (κ2) is 4.25. The highest BCUT2D eigenvalue weighted by atomic mass is 16.3. The largest absolute Gasteiger partial charge is 0.438 e. The number of aliphatic hydroxyl groups is 1. The molecule has 0 bridgehead atoms. The first kappa shape index (κ1) is 11.1. The van der Waals surface area contributed by atoms with E-state index in [0.29, 0.717) is 23.9 Å². The molecular weight excluding hydrogens is 208 g/mol. The van der Waals surface area contributed by atoms with E-state index in [1.165, 1.54) is 6.39 Å². The van der Waals surface area contributed by atoms with Crippen LogP contribution in [-0.2, 0) is 0 Å². The maximum absolute atomic E-state index is 11.9. The van der Waals surface area contributed by atoms with Crippen molar-refractivity contribution in [1.82, 2.24) is 9.88 Å². The van der Waals surface area contributed by atoms with Gasteiger partial charge in [0.1, 0.15) is 0 Å². The fraction of sp³-hybridized carbons (Fsp3) is 0.636. The van der Waals surface area contributed by atoms with E-state index < -0.39 is 0 Å². The highest BCUT2D eigenvalue weighted by molar-refractivity contribution is 5.92. The Hall–Kier alpha value is -1.36. The molecule has 0 aliphatic heterocycles. The van der Waals surface area contributed by atoms with Crippen molar-refractivity contribution < 1.29 is 14.3 Å². The number of amides is 1. The fourth-order valence-corrected chi connectivity index (χ4v) is 2.00. The van der Waals surface area contributed by atoms with Crippen molar-refractivity contribution in [2.75, 3.05) is 13.6 Å². The normalized spacial score (nSPS) is 23.9. The van der Waals surface area contributed by atoms with E-state index in [-0.39, 0.29) is 12.0 Å². The summed E-state index contributed by atoms with van der Waals surface area (Å²) < 4.78 is 5.05. The lowest BCUT2D eigenvalue weighted by atomic mass is 9.82. The smallest absolute Gasteiger partial charge is 0.291 e. The quantitative estimate of drug-likeness (QED) is 0.825. The van der Waals surface area contributed by atoms with Gasteiger partial charge < -0.3 is 14.4 Å². The van der Waals surface area contributed by atoms with Crippen molar-refractivity contribution in [3.63, 3.8) is 0 Å². The Labute approximate surface area is 94.1 Å². The van der Waals surface area contributed by atoms with Gasteiger partial charge in [-0.2, -0.15) is 0 Å². The van der Waals surface area contributed by atoms with E-state index in [0.717, 1.165) is 12.8 Å². The zero-order valence-corrected chi connectivity index (χ0v) is 9.51. The Morgan fingerprint density at radius 1 is 1.69 bits per heavy atom. The standard InChI is InChI=1S/C11H16N2O3/c1-7-10(16-6-12-7)11(15)13(2)5-8-3-9(14)4-8/h6,8-9,14H,3-5H2,1-2H3.